The second kappa shape index (κ2) is 6.73. The zero-order valence-electron chi connectivity index (χ0n) is 13.4. The zero-order chi connectivity index (χ0) is 17.4. The van der Waals surface area contributed by atoms with Gasteiger partial charge in [-0.05, 0) is 42.2 Å². The molecule has 0 fully saturated rings. The van der Waals surface area contributed by atoms with E-state index in [2.05, 4.69) is 22.8 Å². The monoisotopic (exact) mass is 372 g/mol. The van der Waals surface area contributed by atoms with Crippen molar-refractivity contribution < 1.29 is 9.59 Å². The zero-order valence-corrected chi connectivity index (χ0v) is 15.0. The highest BCUT2D eigenvalue weighted by Gasteiger charge is 2.30. The predicted molar refractivity (Wildman–Crippen MR) is 100.0 cm³/mol. The number of amides is 2. The molecular formula is C19H17ClN2O2S. The van der Waals surface area contributed by atoms with Crippen LogP contribution in [0, 0.1) is 0 Å². The third-order valence-electron chi connectivity index (χ3n) is 4.60. The number of fused-ring (bicyclic) bond motifs is 2. The standard InChI is InChI=1S/C19H17ClN2O2S/c20-12-6-8-16-15(9-12)22-19(24)17(25-16)10-18(23)21-14-7-5-11-3-1-2-4-13(11)14/h1-4,6,8-9,14,17H,5,7,10H2,(H,21,23)(H,22,24)/t14-,17-/m1/s1. The van der Waals surface area contributed by atoms with Crippen molar-refractivity contribution in [3.63, 3.8) is 0 Å². The van der Waals surface area contributed by atoms with Crippen LogP contribution in [0.5, 0.6) is 0 Å². The van der Waals surface area contributed by atoms with Crippen molar-refractivity contribution in [3.05, 3.63) is 58.6 Å². The van der Waals surface area contributed by atoms with Crippen LogP contribution in [-0.2, 0) is 16.0 Å². The first-order chi connectivity index (χ1) is 12.1. The molecule has 0 saturated carbocycles. The molecule has 0 radical (unpaired) electrons. The van der Waals surface area contributed by atoms with Crippen LogP contribution in [0.15, 0.2) is 47.4 Å². The second-order valence-electron chi connectivity index (χ2n) is 6.30. The highest BCUT2D eigenvalue weighted by atomic mass is 35.5. The first-order valence-corrected chi connectivity index (χ1v) is 9.50. The quantitative estimate of drug-likeness (QED) is 0.857. The molecule has 4 rings (SSSR count). The first-order valence-electron chi connectivity index (χ1n) is 8.24. The number of benzene rings is 2. The molecule has 1 aliphatic heterocycles. The maximum absolute atomic E-state index is 12.5. The van der Waals surface area contributed by atoms with Gasteiger partial charge in [-0.2, -0.15) is 0 Å². The molecule has 4 nitrogen and oxygen atoms in total. The van der Waals surface area contributed by atoms with E-state index in [1.54, 1.807) is 12.1 Å². The Labute approximate surface area is 155 Å². The van der Waals surface area contributed by atoms with Gasteiger partial charge in [-0.3, -0.25) is 9.59 Å². The van der Waals surface area contributed by atoms with Crippen LogP contribution in [0.3, 0.4) is 0 Å². The number of halogens is 1. The topological polar surface area (TPSA) is 58.2 Å². The van der Waals surface area contributed by atoms with Gasteiger partial charge < -0.3 is 10.6 Å². The van der Waals surface area contributed by atoms with Gasteiger partial charge in [0.1, 0.15) is 0 Å². The minimum atomic E-state index is -0.426. The van der Waals surface area contributed by atoms with E-state index in [1.807, 2.05) is 18.2 Å². The molecule has 2 atom stereocenters. The van der Waals surface area contributed by atoms with Gasteiger partial charge in [-0.1, -0.05) is 35.9 Å². The number of thioether (sulfide) groups is 1. The van der Waals surface area contributed by atoms with E-state index in [4.69, 9.17) is 11.6 Å². The van der Waals surface area contributed by atoms with E-state index >= 15 is 0 Å². The highest BCUT2D eigenvalue weighted by molar-refractivity contribution is 8.01. The van der Waals surface area contributed by atoms with Crippen LogP contribution in [0.1, 0.15) is 30.0 Å². The molecule has 0 aromatic heterocycles. The van der Waals surface area contributed by atoms with Crippen LogP contribution in [-0.4, -0.2) is 17.1 Å². The summed E-state index contributed by atoms with van der Waals surface area (Å²) < 4.78 is 0. The van der Waals surface area contributed by atoms with Gasteiger partial charge in [0.05, 0.1) is 17.0 Å². The number of aryl methyl sites for hydroxylation is 1. The molecule has 2 aromatic rings. The fourth-order valence-corrected chi connectivity index (χ4v) is 4.65. The molecule has 6 heteroatoms. The number of nitrogens with one attached hydrogen (secondary N) is 2. The number of hydrogen-bond donors (Lipinski definition) is 2. The lowest BCUT2D eigenvalue weighted by Crippen LogP contribution is -2.35. The summed E-state index contributed by atoms with van der Waals surface area (Å²) in [7, 11) is 0. The van der Waals surface area contributed by atoms with Crippen molar-refractivity contribution in [2.75, 3.05) is 5.32 Å². The average Bonchev–Trinajstić information content (AvgIpc) is 2.99. The van der Waals surface area contributed by atoms with Gasteiger partial charge >= 0.3 is 0 Å². The molecule has 128 valence electrons. The van der Waals surface area contributed by atoms with Crippen molar-refractivity contribution in [3.8, 4) is 0 Å². The Balaban J connectivity index is 1.42. The molecule has 25 heavy (non-hydrogen) atoms. The normalized spacial score (nSPS) is 21.2. The first kappa shape index (κ1) is 16.5. The summed E-state index contributed by atoms with van der Waals surface area (Å²) in [6.45, 7) is 0. The Morgan fingerprint density at radius 1 is 1.28 bits per heavy atom. The van der Waals surface area contributed by atoms with Crippen molar-refractivity contribution in [1.29, 1.82) is 0 Å². The fraction of sp³-hybridized carbons (Fsp3) is 0.263. The number of carbonyl (C=O) groups excluding carboxylic acids is 2. The maximum atomic E-state index is 12.5. The Kier molecular flexibility index (Phi) is 4.44. The molecule has 0 spiro atoms. The number of hydrogen-bond acceptors (Lipinski definition) is 3. The van der Waals surface area contributed by atoms with E-state index in [0.29, 0.717) is 10.7 Å². The minimum absolute atomic E-state index is 0.0476. The Bertz CT molecular complexity index is 855. The summed E-state index contributed by atoms with van der Waals surface area (Å²) in [5.41, 5.74) is 3.20. The molecule has 1 aliphatic carbocycles. The summed E-state index contributed by atoms with van der Waals surface area (Å²) in [4.78, 5) is 25.7. The fourth-order valence-electron chi connectivity index (χ4n) is 3.39. The number of anilines is 1. The lowest BCUT2D eigenvalue weighted by atomic mass is 10.1. The summed E-state index contributed by atoms with van der Waals surface area (Å²) in [6, 6.07) is 13.6. The molecule has 2 N–H and O–H groups in total. The maximum Gasteiger partial charge on any atom is 0.238 e. The van der Waals surface area contributed by atoms with Gasteiger partial charge in [0.15, 0.2) is 0 Å². The van der Waals surface area contributed by atoms with Crippen LogP contribution >= 0.6 is 23.4 Å². The van der Waals surface area contributed by atoms with Gasteiger partial charge in [-0.25, -0.2) is 0 Å². The molecule has 1 heterocycles. The second-order valence-corrected chi connectivity index (χ2v) is 7.98. The molecule has 0 saturated heterocycles. The van der Waals surface area contributed by atoms with E-state index in [0.717, 1.165) is 17.7 Å². The predicted octanol–water partition coefficient (Wildman–Crippen LogP) is 3.95. The number of rotatable bonds is 3. The van der Waals surface area contributed by atoms with Gasteiger partial charge in [0.25, 0.3) is 0 Å². The van der Waals surface area contributed by atoms with E-state index < -0.39 is 5.25 Å². The highest BCUT2D eigenvalue weighted by Crippen LogP contribution is 2.38. The summed E-state index contributed by atoms with van der Waals surface area (Å²) in [5, 5.41) is 6.08. The van der Waals surface area contributed by atoms with Crippen LogP contribution in [0.4, 0.5) is 5.69 Å². The Hall–Kier alpha value is -1.98. The van der Waals surface area contributed by atoms with Gasteiger partial charge in [0, 0.05) is 16.3 Å². The molecule has 2 aliphatic rings. The summed E-state index contributed by atoms with van der Waals surface area (Å²) in [5.74, 6) is -0.242. The SMILES string of the molecule is O=C(C[C@H]1Sc2ccc(Cl)cc2NC1=O)N[C@@H]1CCc2ccccc21. The third kappa shape index (κ3) is 3.39. The lowest BCUT2D eigenvalue weighted by Gasteiger charge is -2.24. The Morgan fingerprint density at radius 3 is 3.00 bits per heavy atom. The van der Waals surface area contributed by atoms with Crippen LogP contribution in [0.2, 0.25) is 5.02 Å². The third-order valence-corrected chi connectivity index (χ3v) is 6.11. The molecule has 0 unspecified atom stereocenters. The van der Waals surface area contributed by atoms with Crippen molar-refractivity contribution in [2.24, 2.45) is 0 Å². The van der Waals surface area contributed by atoms with Crippen molar-refractivity contribution >= 4 is 40.9 Å². The van der Waals surface area contributed by atoms with E-state index in [1.165, 1.54) is 22.9 Å². The number of carbonyl (C=O) groups is 2. The Morgan fingerprint density at radius 2 is 2.12 bits per heavy atom. The molecule has 0 bridgehead atoms. The smallest absolute Gasteiger partial charge is 0.238 e. The van der Waals surface area contributed by atoms with Gasteiger partial charge in [-0.15, -0.1) is 11.8 Å². The van der Waals surface area contributed by atoms with Crippen LogP contribution < -0.4 is 10.6 Å². The van der Waals surface area contributed by atoms with Crippen molar-refractivity contribution in [1.82, 2.24) is 5.32 Å². The molecule has 2 aromatic carbocycles. The van der Waals surface area contributed by atoms with E-state index in [9.17, 15) is 9.59 Å². The largest absolute Gasteiger partial charge is 0.349 e. The van der Waals surface area contributed by atoms with Crippen LogP contribution in [0.25, 0.3) is 0 Å². The lowest BCUT2D eigenvalue weighted by molar-refractivity contribution is -0.124. The minimum Gasteiger partial charge on any atom is -0.349 e. The summed E-state index contributed by atoms with van der Waals surface area (Å²) >= 11 is 7.37. The summed E-state index contributed by atoms with van der Waals surface area (Å²) in [6.07, 6.45) is 2.06. The van der Waals surface area contributed by atoms with Gasteiger partial charge in [0.2, 0.25) is 11.8 Å². The molecule has 2 amide bonds. The average molecular weight is 373 g/mol. The van der Waals surface area contributed by atoms with E-state index in [-0.39, 0.29) is 24.3 Å². The molecular weight excluding hydrogens is 356 g/mol. The van der Waals surface area contributed by atoms with Crippen molar-refractivity contribution in [2.45, 2.75) is 35.4 Å².